The molecule has 0 aliphatic heterocycles. The van der Waals surface area contributed by atoms with Crippen molar-refractivity contribution in [3.8, 4) is 0 Å². The van der Waals surface area contributed by atoms with Crippen LogP contribution < -0.4 is 15.8 Å². The van der Waals surface area contributed by atoms with Gasteiger partial charge >= 0.3 is 0 Å². The summed E-state index contributed by atoms with van der Waals surface area (Å²) in [6, 6.07) is 7.66. The van der Waals surface area contributed by atoms with Crippen LogP contribution in [-0.4, -0.2) is 40.3 Å². The number of methoxy groups -OCH3 is 1. The maximum atomic E-state index is 11.2. The second kappa shape index (κ2) is 11.6. The second-order valence-corrected chi connectivity index (χ2v) is 6.73. The molecule has 132 valence electrons. The minimum Gasteiger partial charge on any atom is -0.380 e. The van der Waals surface area contributed by atoms with Gasteiger partial charge in [-0.25, -0.2) is 13.1 Å². The van der Waals surface area contributed by atoms with Gasteiger partial charge in [0.15, 0.2) is 5.96 Å². The van der Waals surface area contributed by atoms with Crippen LogP contribution in [-0.2, 0) is 21.4 Å². The fourth-order valence-corrected chi connectivity index (χ4v) is 2.37. The first-order valence-corrected chi connectivity index (χ1v) is 8.75. The highest BCUT2D eigenvalue weighted by atomic mass is 127. The van der Waals surface area contributed by atoms with Crippen molar-refractivity contribution >= 4 is 45.6 Å². The predicted molar refractivity (Wildman–Crippen MR) is 105 cm³/mol. The summed E-state index contributed by atoms with van der Waals surface area (Å²) >= 11 is 0. The number of nitrogens with two attached hydrogens (primary N) is 1. The maximum Gasteiger partial charge on any atom is 0.211 e. The third-order valence-corrected chi connectivity index (χ3v) is 4.30. The molecule has 0 fully saturated rings. The zero-order valence-corrected chi connectivity index (χ0v) is 16.6. The Labute approximate surface area is 155 Å². The minimum absolute atomic E-state index is 0. The molecule has 0 radical (unpaired) electrons. The third-order valence-electron chi connectivity index (χ3n) is 2.90. The van der Waals surface area contributed by atoms with Gasteiger partial charge in [-0.05, 0) is 19.4 Å². The molecule has 1 aromatic carbocycles. The molecule has 4 N–H and O–H groups in total. The number of aliphatic imine (C=N–C) groups is 1. The highest BCUT2D eigenvalue weighted by molar-refractivity contribution is 14.0. The summed E-state index contributed by atoms with van der Waals surface area (Å²) in [5.74, 6) is 0.373. The van der Waals surface area contributed by atoms with E-state index >= 15 is 0 Å². The van der Waals surface area contributed by atoms with Crippen LogP contribution in [0.3, 0.4) is 0 Å². The average Bonchev–Trinajstić information content (AvgIpc) is 2.49. The van der Waals surface area contributed by atoms with Gasteiger partial charge in [-0.15, -0.1) is 24.0 Å². The Bertz CT molecular complexity index is 593. The molecule has 0 spiro atoms. The molecule has 0 aliphatic rings. The van der Waals surface area contributed by atoms with Crippen LogP contribution >= 0.6 is 24.0 Å². The van der Waals surface area contributed by atoms with Crippen LogP contribution in [0.5, 0.6) is 0 Å². The molecule has 0 aromatic heterocycles. The number of hydrogen-bond donors (Lipinski definition) is 3. The molecule has 9 heteroatoms. The van der Waals surface area contributed by atoms with Gasteiger partial charge in [0.2, 0.25) is 10.0 Å². The number of benzene rings is 1. The number of ether oxygens (including phenoxy) is 1. The van der Waals surface area contributed by atoms with E-state index in [-0.39, 0.29) is 29.7 Å². The van der Waals surface area contributed by atoms with Crippen molar-refractivity contribution in [2.45, 2.75) is 20.0 Å². The molecule has 0 atom stereocenters. The topological polar surface area (TPSA) is 106 Å². The molecule has 0 heterocycles. The lowest BCUT2D eigenvalue weighted by Crippen LogP contribution is -2.27. The number of para-hydroxylation sites is 1. The number of nitrogens with zero attached hydrogens (tertiary/aromatic N) is 1. The van der Waals surface area contributed by atoms with Crippen molar-refractivity contribution in [1.29, 1.82) is 0 Å². The van der Waals surface area contributed by atoms with Gasteiger partial charge in [0, 0.05) is 31.5 Å². The lowest BCUT2D eigenvalue weighted by molar-refractivity contribution is 0.185. The van der Waals surface area contributed by atoms with Gasteiger partial charge in [-0.2, -0.15) is 0 Å². The Hall–Kier alpha value is -0.910. The lowest BCUT2D eigenvalue weighted by atomic mass is 10.2. The molecule has 0 unspecified atom stereocenters. The van der Waals surface area contributed by atoms with E-state index in [0.29, 0.717) is 32.1 Å². The summed E-state index contributed by atoms with van der Waals surface area (Å²) in [6.45, 7) is 2.87. The van der Waals surface area contributed by atoms with Crippen molar-refractivity contribution in [2.75, 3.05) is 31.3 Å². The Morgan fingerprint density at radius 3 is 2.70 bits per heavy atom. The number of halogens is 1. The second-order valence-electron chi connectivity index (χ2n) is 4.63. The van der Waals surface area contributed by atoms with E-state index in [4.69, 9.17) is 10.5 Å². The summed E-state index contributed by atoms with van der Waals surface area (Å²) < 4.78 is 30.1. The highest BCUT2D eigenvalue weighted by Crippen LogP contribution is 2.15. The van der Waals surface area contributed by atoms with E-state index in [1.165, 1.54) is 0 Å². The van der Waals surface area contributed by atoms with Crippen LogP contribution in [0.4, 0.5) is 5.69 Å². The van der Waals surface area contributed by atoms with E-state index in [2.05, 4.69) is 15.0 Å². The molecule has 7 nitrogen and oxygen atoms in total. The maximum absolute atomic E-state index is 11.2. The molecule has 23 heavy (non-hydrogen) atoms. The number of anilines is 1. The van der Waals surface area contributed by atoms with Crippen LogP contribution in [0, 0.1) is 0 Å². The Kier molecular flexibility index (Phi) is 11.1. The van der Waals surface area contributed by atoms with E-state index in [9.17, 15) is 8.42 Å². The minimum atomic E-state index is -3.14. The normalized spacial score (nSPS) is 11.8. The number of guanidine groups is 1. The number of rotatable bonds is 9. The standard InChI is InChI=1S/C14H24N4O3S.HI/c1-3-22(19,20)17-10-6-9-16-14(15)18-13-8-5-4-7-12(13)11-21-2;/h4-5,7-8,17H,3,6,9-11H2,1-2H3,(H3,15,16,18);1H. The van der Waals surface area contributed by atoms with Gasteiger partial charge in [0.05, 0.1) is 12.4 Å². The first kappa shape index (κ1) is 22.1. The molecule has 0 saturated carbocycles. The summed E-state index contributed by atoms with van der Waals surface area (Å²) in [6.07, 6.45) is 0.585. The van der Waals surface area contributed by atoms with Crippen LogP contribution in [0.2, 0.25) is 0 Å². The van der Waals surface area contributed by atoms with Gasteiger partial charge in [-0.1, -0.05) is 18.2 Å². The van der Waals surface area contributed by atoms with Crippen molar-refractivity contribution in [3.05, 3.63) is 29.8 Å². The molecular formula is C14H25IN4O3S. The van der Waals surface area contributed by atoms with E-state index in [1.54, 1.807) is 14.0 Å². The van der Waals surface area contributed by atoms with Gasteiger partial charge in [-0.3, -0.25) is 4.99 Å². The Morgan fingerprint density at radius 2 is 2.04 bits per heavy atom. The van der Waals surface area contributed by atoms with Crippen LogP contribution in [0.1, 0.15) is 18.9 Å². The highest BCUT2D eigenvalue weighted by Gasteiger charge is 2.04. The molecule has 0 bridgehead atoms. The largest absolute Gasteiger partial charge is 0.380 e. The fraction of sp³-hybridized carbons (Fsp3) is 0.500. The third kappa shape index (κ3) is 9.08. The fourth-order valence-electron chi connectivity index (χ4n) is 1.71. The summed E-state index contributed by atoms with van der Waals surface area (Å²) in [5, 5.41) is 3.02. The molecule has 0 amide bonds. The molecule has 1 aromatic rings. The molecule has 0 saturated heterocycles. The van der Waals surface area contributed by atoms with E-state index in [1.807, 2.05) is 24.3 Å². The average molecular weight is 456 g/mol. The van der Waals surface area contributed by atoms with Crippen molar-refractivity contribution in [1.82, 2.24) is 4.72 Å². The van der Waals surface area contributed by atoms with Gasteiger partial charge in [0.1, 0.15) is 0 Å². The van der Waals surface area contributed by atoms with Gasteiger partial charge in [0.25, 0.3) is 0 Å². The van der Waals surface area contributed by atoms with Crippen molar-refractivity contribution in [2.24, 2.45) is 10.7 Å². The summed E-state index contributed by atoms with van der Waals surface area (Å²) in [4.78, 5) is 4.17. The number of sulfonamides is 1. The predicted octanol–water partition coefficient (Wildman–Crippen LogP) is 1.51. The molecule has 1 rings (SSSR count). The number of nitrogens with one attached hydrogen (secondary N) is 2. The Balaban J connectivity index is 0.00000484. The Morgan fingerprint density at radius 1 is 1.35 bits per heavy atom. The SMILES string of the molecule is CCS(=O)(=O)NCCCN=C(N)Nc1ccccc1COC.I. The lowest BCUT2D eigenvalue weighted by Gasteiger charge is -2.10. The van der Waals surface area contributed by atoms with Crippen LogP contribution in [0.15, 0.2) is 29.3 Å². The van der Waals surface area contributed by atoms with E-state index < -0.39 is 10.0 Å². The van der Waals surface area contributed by atoms with Crippen molar-refractivity contribution in [3.63, 3.8) is 0 Å². The van der Waals surface area contributed by atoms with Gasteiger partial charge < -0.3 is 15.8 Å². The first-order chi connectivity index (χ1) is 10.5. The quantitative estimate of drug-likeness (QED) is 0.226. The summed E-state index contributed by atoms with van der Waals surface area (Å²) in [5.41, 5.74) is 7.65. The first-order valence-electron chi connectivity index (χ1n) is 7.09. The van der Waals surface area contributed by atoms with E-state index in [0.717, 1.165) is 11.3 Å². The zero-order chi connectivity index (χ0) is 16.4. The van der Waals surface area contributed by atoms with Crippen LogP contribution in [0.25, 0.3) is 0 Å². The smallest absolute Gasteiger partial charge is 0.211 e. The molecule has 0 aliphatic carbocycles. The molecular weight excluding hydrogens is 431 g/mol. The number of hydrogen-bond acceptors (Lipinski definition) is 4. The summed E-state index contributed by atoms with van der Waals surface area (Å²) in [7, 11) is -1.51. The van der Waals surface area contributed by atoms with Crippen molar-refractivity contribution < 1.29 is 13.2 Å². The monoisotopic (exact) mass is 456 g/mol. The zero-order valence-electron chi connectivity index (χ0n) is 13.4.